The lowest BCUT2D eigenvalue weighted by Crippen LogP contribution is -2.16. The summed E-state index contributed by atoms with van der Waals surface area (Å²) in [7, 11) is 1.66. The van der Waals surface area contributed by atoms with Crippen molar-refractivity contribution in [2.75, 3.05) is 17.4 Å². The molecule has 0 saturated heterocycles. The van der Waals surface area contributed by atoms with Crippen molar-refractivity contribution in [3.05, 3.63) is 41.3 Å². The zero-order chi connectivity index (χ0) is 13.1. The first-order chi connectivity index (χ1) is 8.63. The Kier molecular flexibility index (Phi) is 3.59. The van der Waals surface area contributed by atoms with Crippen LogP contribution in [-0.2, 0) is 0 Å². The fourth-order valence-electron chi connectivity index (χ4n) is 1.50. The molecule has 5 nitrogen and oxygen atoms in total. The van der Waals surface area contributed by atoms with Gasteiger partial charge in [-0.15, -0.1) is 0 Å². The molecule has 1 aromatic carbocycles. The molecule has 0 unspecified atom stereocenters. The Morgan fingerprint density at radius 2 is 2.11 bits per heavy atom. The predicted octanol–water partition coefficient (Wildman–Crippen LogP) is 2.32. The third-order valence-electron chi connectivity index (χ3n) is 2.39. The summed E-state index contributed by atoms with van der Waals surface area (Å²) in [6.45, 7) is 0. The minimum atomic E-state index is -0.364. The van der Waals surface area contributed by atoms with Gasteiger partial charge in [-0.05, 0) is 12.1 Å². The van der Waals surface area contributed by atoms with Crippen LogP contribution in [0.25, 0.3) is 0 Å². The van der Waals surface area contributed by atoms with Gasteiger partial charge in [-0.2, -0.15) is 4.98 Å². The van der Waals surface area contributed by atoms with Crippen molar-refractivity contribution >= 4 is 29.1 Å². The van der Waals surface area contributed by atoms with Crippen molar-refractivity contribution in [2.24, 2.45) is 5.84 Å². The highest BCUT2D eigenvalue weighted by atomic mass is 35.5. The number of nitrogens with two attached hydrogens (primary N) is 1. The van der Waals surface area contributed by atoms with Crippen LogP contribution in [0.1, 0.15) is 0 Å². The number of halogens is 2. The maximum Gasteiger partial charge on any atom is 0.239 e. The van der Waals surface area contributed by atoms with Crippen LogP contribution < -0.4 is 16.2 Å². The summed E-state index contributed by atoms with van der Waals surface area (Å²) in [6, 6.07) is 6.33. The number of nitrogen functional groups attached to an aromatic ring is 1. The largest absolute Gasteiger partial charge is 0.326 e. The number of rotatable bonds is 3. The number of hydrogen-bond donors (Lipinski definition) is 2. The highest BCUT2D eigenvalue weighted by Gasteiger charge is 2.14. The molecule has 0 amide bonds. The van der Waals surface area contributed by atoms with Gasteiger partial charge in [-0.1, -0.05) is 23.7 Å². The molecular weight excluding hydrogens is 257 g/mol. The topological polar surface area (TPSA) is 67.1 Å². The minimum Gasteiger partial charge on any atom is -0.326 e. The van der Waals surface area contributed by atoms with E-state index in [2.05, 4.69) is 15.4 Å². The minimum absolute atomic E-state index is 0.206. The van der Waals surface area contributed by atoms with Crippen molar-refractivity contribution in [3.63, 3.8) is 0 Å². The van der Waals surface area contributed by atoms with E-state index in [0.717, 1.165) is 0 Å². The molecule has 7 heteroatoms. The third kappa shape index (κ3) is 2.34. The van der Waals surface area contributed by atoms with E-state index in [1.54, 1.807) is 25.2 Å². The van der Waals surface area contributed by atoms with Crippen LogP contribution in [0.2, 0.25) is 5.02 Å². The SMILES string of the molecule is CN(c1ccccc1F)c1nc(NN)ncc1Cl. The number of benzene rings is 1. The first kappa shape index (κ1) is 12.5. The van der Waals surface area contributed by atoms with Gasteiger partial charge in [-0.25, -0.2) is 15.2 Å². The summed E-state index contributed by atoms with van der Waals surface area (Å²) in [6.07, 6.45) is 1.40. The second-order valence-corrected chi connectivity index (χ2v) is 3.93. The molecule has 94 valence electrons. The summed E-state index contributed by atoms with van der Waals surface area (Å²) in [5.41, 5.74) is 2.68. The van der Waals surface area contributed by atoms with E-state index >= 15 is 0 Å². The van der Waals surface area contributed by atoms with Crippen molar-refractivity contribution in [1.29, 1.82) is 0 Å². The van der Waals surface area contributed by atoms with Gasteiger partial charge in [0.1, 0.15) is 10.8 Å². The second-order valence-electron chi connectivity index (χ2n) is 3.52. The number of nitrogens with one attached hydrogen (secondary N) is 1. The first-order valence-electron chi connectivity index (χ1n) is 5.11. The maximum atomic E-state index is 13.7. The summed E-state index contributed by atoms with van der Waals surface area (Å²) in [5, 5.41) is 0.305. The number of para-hydroxylation sites is 1. The highest BCUT2D eigenvalue weighted by Crippen LogP contribution is 2.30. The van der Waals surface area contributed by atoms with E-state index in [-0.39, 0.29) is 11.8 Å². The molecule has 0 aliphatic rings. The van der Waals surface area contributed by atoms with E-state index in [9.17, 15) is 4.39 Å². The highest BCUT2D eigenvalue weighted by molar-refractivity contribution is 6.33. The van der Waals surface area contributed by atoms with E-state index < -0.39 is 0 Å². The number of hydrogen-bond acceptors (Lipinski definition) is 5. The van der Waals surface area contributed by atoms with E-state index in [0.29, 0.717) is 16.5 Å². The Morgan fingerprint density at radius 1 is 1.39 bits per heavy atom. The van der Waals surface area contributed by atoms with Crippen LogP contribution in [0, 0.1) is 5.82 Å². The maximum absolute atomic E-state index is 13.7. The van der Waals surface area contributed by atoms with Gasteiger partial charge < -0.3 is 4.90 Å². The Labute approximate surface area is 108 Å². The van der Waals surface area contributed by atoms with Crippen LogP contribution in [0.4, 0.5) is 21.8 Å². The van der Waals surface area contributed by atoms with Crippen molar-refractivity contribution in [2.45, 2.75) is 0 Å². The Balaban J connectivity index is 2.45. The Bertz CT molecular complexity index is 563. The van der Waals surface area contributed by atoms with Gasteiger partial charge in [0.05, 0.1) is 11.9 Å². The molecule has 0 saturated carbocycles. The van der Waals surface area contributed by atoms with E-state index in [1.807, 2.05) is 0 Å². The molecule has 0 radical (unpaired) electrons. The zero-order valence-corrected chi connectivity index (χ0v) is 10.3. The molecule has 0 spiro atoms. The Hall–Kier alpha value is -1.92. The van der Waals surface area contributed by atoms with Crippen molar-refractivity contribution in [1.82, 2.24) is 9.97 Å². The number of anilines is 3. The monoisotopic (exact) mass is 267 g/mol. The lowest BCUT2D eigenvalue weighted by molar-refractivity contribution is 0.627. The van der Waals surface area contributed by atoms with Crippen molar-refractivity contribution in [3.8, 4) is 0 Å². The van der Waals surface area contributed by atoms with Gasteiger partial charge in [0.25, 0.3) is 0 Å². The summed E-state index contributed by atoms with van der Waals surface area (Å²) < 4.78 is 13.7. The quantitative estimate of drug-likeness (QED) is 0.660. The smallest absolute Gasteiger partial charge is 0.239 e. The van der Waals surface area contributed by atoms with Crippen LogP contribution >= 0.6 is 11.6 Å². The molecule has 1 aromatic heterocycles. The molecule has 0 aliphatic heterocycles. The second kappa shape index (κ2) is 5.16. The Morgan fingerprint density at radius 3 is 2.78 bits per heavy atom. The van der Waals surface area contributed by atoms with Gasteiger partial charge >= 0.3 is 0 Å². The molecule has 2 aromatic rings. The van der Waals surface area contributed by atoms with Crippen molar-refractivity contribution < 1.29 is 4.39 Å². The zero-order valence-electron chi connectivity index (χ0n) is 9.56. The average molecular weight is 268 g/mol. The predicted molar refractivity (Wildman–Crippen MR) is 69.3 cm³/mol. The molecule has 1 heterocycles. The van der Waals surface area contributed by atoms with Crippen LogP contribution in [-0.4, -0.2) is 17.0 Å². The normalized spacial score (nSPS) is 10.2. The van der Waals surface area contributed by atoms with Gasteiger partial charge in [0, 0.05) is 7.05 Å². The fraction of sp³-hybridized carbons (Fsp3) is 0.0909. The molecule has 18 heavy (non-hydrogen) atoms. The standard InChI is InChI=1S/C11H11ClFN5/c1-18(9-5-3-2-4-8(9)13)10-7(12)6-15-11(16-10)17-14/h2-6H,14H2,1H3,(H,15,16,17). The molecular formula is C11H11ClFN5. The lowest BCUT2D eigenvalue weighted by Gasteiger charge is -2.20. The van der Waals surface area contributed by atoms with Gasteiger partial charge in [0.2, 0.25) is 5.95 Å². The van der Waals surface area contributed by atoms with Crippen LogP contribution in [0.15, 0.2) is 30.5 Å². The number of nitrogens with zero attached hydrogens (tertiary/aromatic N) is 3. The van der Waals surface area contributed by atoms with Crippen LogP contribution in [0.3, 0.4) is 0 Å². The molecule has 0 atom stereocenters. The lowest BCUT2D eigenvalue weighted by atomic mass is 10.3. The van der Waals surface area contributed by atoms with Gasteiger partial charge in [0.15, 0.2) is 5.82 Å². The molecule has 0 bridgehead atoms. The van der Waals surface area contributed by atoms with E-state index in [1.165, 1.54) is 17.2 Å². The number of aromatic nitrogens is 2. The summed E-state index contributed by atoms with van der Waals surface area (Å²) in [5.74, 6) is 5.43. The molecule has 2 rings (SSSR count). The van der Waals surface area contributed by atoms with Crippen LogP contribution in [0.5, 0.6) is 0 Å². The van der Waals surface area contributed by atoms with Gasteiger partial charge in [-0.3, -0.25) is 5.43 Å². The molecule has 0 aliphatic carbocycles. The summed E-state index contributed by atoms with van der Waals surface area (Å²) in [4.78, 5) is 9.47. The third-order valence-corrected chi connectivity index (χ3v) is 2.65. The molecule has 3 N–H and O–H groups in total. The summed E-state index contributed by atoms with van der Waals surface area (Å²) >= 11 is 5.99. The number of hydrazine groups is 1. The first-order valence-corrected chi connectivity index (χ1v) is 5.48. The fourth-order valence-corrected chi connectivity index (χ4v) is 1.72. The van der Waals surface area contributed by atoms with E-state index in [4.69, 9.17) is 17.4 Å². The molecule has 0 fully saturated rings. The average Bonchev–Trinajstić information content (AvgIpc) is 2.39.